The van der Waals surface area contributed by atoms with Crippen LogP contribution in [0.3, 0.4) is 0 Å². The molecule has 6 heteroatoms. The first-order valence-electron chi connectivity index (χ1n) is 3.69. The highest BCUT2D eigenvalue weighted by molar-refractivity contribution is 6.31. The Hall–Kier alpha value is -1.20. The number of ether oxygens (including phenoxy) is 1. The van der Waals surface area contributed by atoms with E-state index in [2.05, 4.69) is 9.39 Å². The molecule has 73 valence electrons. The molecule has 0 saturated carbocycles. The molecule has 0 aliphatic rings. The quantitative estimate of drug-likeness (QED) is 0.602. The van der Waals surface area contributed by atoms with Crippen LogP contribution in [0.1, 0.15) is 10.4 Å². The highest BCUT2D eigenvalue weighted by Crippen LogP contribution is 2.23. The standard InChI is InChI=1S/C8H7BClO4/c1-13-8(11)6-4-5(10)2-3-7(6)14-9-12/h2-4,12H,1H3. The van der Waals surface area contributed by atoms with Crippen molar-refractivity contribution in [3.8, 4) is 5.75 Å². The van der Waals surface area contributed by atoms with Gasteiger partial charge in [-0.25, -0.2) is 4.79 Å². The Morgan fingerprint density at radius 1 is 1.57 bits per heavy atom. The zero-order chi connectivity index (χ0) is 10.6. The van der Waals surface area contributed by atoms with Crippen molar-refractivity contribution < 1.29 is 19.2 Å². The molecule has 0 atom stereocenters. The average molecular weight is 213 g/mol. The summed E-state index contributed by atoms with van der Waals surface area (Å²) in [5.74, 6) is -0.395. The van der Waals surface area contributed by atoms with Crippen molar-refractivity contribution in [1.82, 2.24) is 0 Å². The van der Waals surface area contributed by atoms with E-state index in [1.165, 1.54) is 25.3 Å². The second-order valence-corrected chi connectivity index (χ2v) is 2.79. The zero-order valence-corrected chi connectivity index (χ0v) is 8.12. The Labute approximate surface area is 86.7 Å². The molecule has 0 heterocycles. The van der Waals surface area contributed by atoms with Gasteiger partial charge in [-0.15, -0.1) is 0 Å². The van der Waals surface area contributed by atoms with Crippen LogP contribution in [0.25, 0.3) is 0 Å². The number of carbonyl (C=O) groups is 1. The summed E-state index contributed by atoms with van der Waals surface area (Å²) >= 11 is 5.68. The first kappa shape index (κ1) is 10.9. The van der Waals surface area contributed by atoms with E-state index in [4.69, 9.17) is 16.6 Å². The molecule has 1 aromatic rings. The van der Waals surface area contributed by atoms with E-state index in [0.717, 1.165) is 0 Å². The van der Waals surface area contributed by atoms with E-state index in [0.29, 0.717) is 12.7 Å². The number of esters is 1. The maximum atomic E-state index is 11.2. The second-order valence-electron chi connectivity index (χ2n) is 2.36. The van der Waals surface area contributed by atoms with Crippen molar-refractivity contribution in [3.63, 3.8) is 0 Å². The SMILES string of the molecule is COC(=O)c1cc(Cl)ccc1O[B]O. The predicted molar refractivity (Wildman–Crippen MR) is 51.4 cm³/mol. The second kappa shape index (κ2) is 4.88. The van der Waals surface area contributed by atoms with Crippen LogP contribution in [0.15, 0.2) is 18.2 Å². The number of hydrogen-bond donors (Lipinski definition) is 1. The van der Waals surface area contributed by atoms with Crippen molar-refractivity contribution in [3.05, 3.63) is 28.8 Å². The molecule has 0 unspecified atom stereocenters. The molecule has 1 N–H and O–H groups in total. The van der Waals surface area contributed by atoms with Gasteiger partial charge in [0.2, 0.25) is 0 Å². The highest BCUT2D eigenvalue weighted by Gasteiger charge is 2.13. The number of halogens is 1. The third-order valence-electron chi connectivity index (χ3n) is 1.53. The molecule has 0 aliphatic heterocycles. The minimum absolute atomic E-state index is 0.158. The summed E-state index contributed by atoms with van der Waals surface area (Å²) in [5.41, 5.74) is 0.158. The minimum atomic E-state index is -0.579. The van der Waals surface area contributed by atoms with Crippen LogP contribution >= 0.6 is 11.6 Å². The topological polar surface area (TPSA) is 55.8 Å². The number of methoxy groups -OCH3 is 1. The average Bonchev–Trinajstić information content (AvgIpc) is 2.20. The molecule has 0 bridgehead atoms. The van der Waals surface area contributed by atoms with Crippen molar-refractivity contribution in [1.29, 1.82) is 0 Å². The summed E-state index contributed by atoms with van der Waals surface area (Å²) in [7, 11) is 1.73. The van der Waals surface area contributed by atoms with E-state index in [1.807, 2.05) is 0 Å². The smallest absolute Gasteiger partial charge is 0.537 e. The van der Waals surface area contributed by atoms with Gasteiger partial charge in [0.1, 0.15) is 11.3 Å². The van der Waals surface area contributed by atoms with Crippen LogP contribution in [-0.4, -0.2) is 25.8 Å². The van der Waals surface area contributed by atoms with Crippen LogP contribution in [0.2, 0.25) is 5.02 Å². The van der Waals surface area contributed by atoms with E-state index >= 15 is 0 Å². The lowest BCUT2D eigenvalue weighted by Crippen LogP contribution is -2.08. The van der Waals surface area contributed by atoms with Crippen molar-refractivity contribution in [2.45, 2.75) is 0 Å². The number of hydrogen-bond acceptors (Lipinski definition) is 4. The van der Waals surface area contributed by atoms with Gasteiger partial charge in [-0.3, -0.25) is 0 Å². The Morgan fingerprint density at radius 2 is 2.29 bits per heavy atom. The fourth-order valence-electron chi connectivity index (χ4n) is 0.931. The summed E-state index contributed by atoms with van der Waals surface area (Å²) in [6, 6.07) is 4.39. The van der Waals surface area contributed by atoms with Crippen LogP contribution in [0.4, 0.5) is 0 Å². The maximum absolute atomic E-state index is 11.2. The molecular formula is C8H7BClO4. The molecule has 1 rings (SSSR count). The molecule has 0 aliphatic carbocycles. The first-order chi connectivity index (χ1) is 6.69. The molecule has 0 saturated heterocycles. The van der Waals surface area contributed by atoms with E-state index in [1.54, 1.807) is 0 Å². The van der Waals surface area contributed by atoms with Gasteiger partial charge in [0, 0.05) is 5.02 Å². The molecule has 1 aromatic carbocycles. The zero-order valence-electron chi connectivity index (χ0n) is 7.36. The summed E-state index contributed by atoms with van der Waals surface area (Å²) in [5, 5.41) is 8.82. The van der Waals surface area contributed by atoms with Gasteiger partial charge in [0.15, 0.2) is 0 Å². The summed E-state index contributed by atoms with van der Waals surface area (Å²) in [6.45, 7) is 0. The highest BCUT2D eigenvalue weighted by atomic mass is 35.5. The van der Waals surface area contributed by atoms with E-state index in [-0.39, 0.29) is 11.3 Å². The molecule has 4 nitrogen and oxygen atoms in total. The molecule has 0 aromatic heterocycles. The molecule has 1 radical (unpaired) electrons. The lowest BCUT2D eigenvalue weighted by Gasteiger charge is -2.07. The van der Waals surface area contributed by atoms with Crippen molar-refractivity contribution >= 4 is 25.3 Å². The Kier molecular flexibility index (Phi) is 3.79. The first-order valence-corrected chi connectivity index (χ1v) is 4.07. The minimum Gasteiger partial charge on any atom is -0.537 e. The van der Waals surface area contributed by atoms with Gasteiger partial charge in [0.05, 0.1) is 7.11 Å². The van der Waals surface area contributed by atoms with Crippen molar-refractivity contribution in [2.24, 2.45) is 0 Å². The Balaban J connectivity index is 3.08. The van der Waals surface area contributed by atoms with E-state index in [9.17, 15) is 4.79 Å². The van der Waals surface area contributed by atoms with Crippen LogP contribution in [0, 0.1) is 0 Å². The molecule has 0 fully saturated rings. The van der Waals surface area contributed by atoms with E-state index < -0.39 is 5.97 Å². The molecule has 0 amide bonds. The summed E-state index contributed by atoms with van der Waals surface area (Å²) in [6.07, 6.45) is 0. The monoisotopic (exact) mass is 213 g/mol. The third-order valence-corrected chi connectivity index (χ3v) is 1.76. The fraction of sp³-hybridized carbons (Fsp3) is 0.125. The molecule has 14 heavy (non-hydrogen) atoms. The fourth-order valence-corrected chi connectivity index (χ4v) is 1.10. The van der Waals surface area contributed by atoms with Gasteiger partial charge >= 0.3 is 13.7 Å². The van der Waals surface area contributed by atoms with Crippen LogP contribution < -0.4 is 4.65 Å². The Morgan fingerprint density at radius 3 is 2.86 bits per heavy atom. The number of rotatable bonds is 3. The predicted octanol–water partition coefficient (Wildman–Crippen LogP) is 1.03. The maximum Gasteiger partial charge on any atom is 0.569 e. The van der Waals surface area contributed by atoms with Gasteiger partial charge in [-0.2, -0.15) is 0 Å². The largest absolute Gasteiger partial charge is 0.569 e. The van der Waals surface area contributed by atoms with Gasteiger partial charge in [0.25, 0.3) is 0 Å². The van der Waals surface area contributed by atoms with Crippen LogP contribution in [-0.2, 0) is 4.74 Å². The number of carbonyl (C=O) groups excluding carboxylic acids is 1. The Bertz CT molecular complexity index is 342. The summed E-state index contributed by atoms with van der Waals surface area (Å²) in [4.78, 5) is 11.2. The van der Waals surface area contributed by atoms with Gasteiger partial charge in [-0.1, -0.05) is 11.6 Å². The lowest BCUT2D eigenvalue weighted by molar-refractivity contribution is 0.0598. The van der Waals surface area contributed by atoms with Crippen LogP contribution in [0.5, 0.6) is 5.75 Å². The normalized spacial score (nSPS) is 9.36. The lowest BCUT2D eigenvalue weighted by atomic mass is 10.2. The van der Waals surface area contributed by atoms with Crippen molar-refractivity contribution in [2.75, 3.05) is 7.11 Å². The number of benzene rings is 1. The van der Waals surface area contributed by atoms with Gasteiger partial charge < -0.3 is 14.4 Å². The third kappa shape index (κ3) is 2.40. The van der Waals surface area contributed by atoms with Gasteiger partial charge in [-0.05, 0) is 18.2 Å². The molecule has 0 spiro atoms. The summed E-state index contributed by atoms with van der Waals surface area (Å²) < 4.78 is 9.19. The molecular weight excluding hydrogens is 206 g/mol.